The van der Waals surface area contributed by atoms with E-state index in [9.17, 15) is 4.79 Å². The smallest absolute Gasteiger partial charge is 0.333 e. The lowest BCUT2D eigenvalue weighted by Gasteiger charge is -1.97. The van der Waals surface area contributed by atoms with E-state index in [0.29, 0.717) is 19.5 Å². The predicted molar refractivity (Wildman–Crippen MR) is 46.3 cm³/mol. The molecule has 0 bridgehead atoms. The van der Waals surface area contributed by atoms with Gasteiger partial charge in [-0.15, -0.1) is 0 Å². The first kappa shape index (κ1) is 9.73. The molecule has 1 atom stereocenters. The second-order valence-electron chi connectivity index (χ2n) is 1.81. The van der Waals surface area contributed by atoms with Crippen LogP contribution in [0, 0.1) is 0 Å². The second kappa shape index (κ2) is 5.51. The van der Waals surface area contributed by atoms with Crippen molar-refractivity contribution in [3.63, 3.8) is 0 Å². The highest BCUT2D eigenvalue weighted by Crippen LogP contribution is 1.95. The first-order valence-corrected chi connectivity index (χ1v) is 5.20. The van der Waals surface area contributed by atoms with Crippen LogP contribution < -0.4 is 0 Å². The van der Waals surface area contributed by atoms with Crippen molar-refractivity contribution >= 4 is 25.1 Å². The van der Waals surface area contributed by atoms with Crippen molar-refractivity contribution in [2.45, 2.75) is 6.92 Å². The number of hydrogen-bond donors (Lipinski definition) is 0. The molecule has 0 aliphatic rings. The highest BCUT2D eigenvalue weighted by Gasteiger charge is 2.01. The Hall–Kier alpha value is -0.270. The van der Waals surface area contributed by atoms with Crippen molar-refractivity contribution in [1.29, 1.82) is 0 Å². The van der Waals surface area contributed by atoms with Crippen LogP contribution in [0.2, 0.25) is 0 Å². The molecule has 0 aromatic heterocycles. The first-order valence-electron chi connectivity index (χ1n) is 2.86. The fourth-order valence-corrected chi connectivity index (χ4v) is 0.744. The molecule has 4 heteroatoms. The summed E-state index contributed by atoms with van der Waals surface area (Å²) in [6.07, 6.45) is 0.772. The van der Waals surface area contributed by atoms with E-state index in [2.05, 4.69) is 18.4 Å². The highest BCUT2D eigenvalue weighted by atomic mass is 32.4. The summed E-state index contributed by atoms with van der Waals surface area (Å²) in [6, 6.07) is 0. The van der Waals surface area contributed by atoms with Crippen molar-refractivity contribution in [2.75, 3.05) is 12.8 Å². The summed E-state index contributed by atoms with van der Waals surface area (Å²) < 4.78 is 4.75. The summed E-state index contributed by atoms with van der Waals surface area (Å²) in [5.41, 5.74) is 0.438. The zero-order valence-corrected chi connectivity index (χ0v) is 7.66. The summed E-state index contributed by atoms with van der Waals surface area (Å²) >= 11 is 4.68. The summed E-state index contributed by atoms with van der Waals surface area (Å²) in [6.45, 7) is 5.48. The zero-order chi connectivity index (χ0) is 7.98. The number of rotatable bonds is 4. The first-order chi connectivity index (χ1) is 4.68. The molecule has 0 spiro atoms. The lowest BCUT2D eigenvalue weighted by molar-refractivity contribution is -0.138. The zero-order valence-electron chi connectivity index (χ0n) is 5.85. The number of hydrogen-bond acceptors (Lipinski definition) is 3. The number of carbonyl (C=O) groups is 1. The van der Waals surface area contributed by atoms with Crippen molar-refractivity contribution < 1.29 is 9.53 Å². The minimum absolute atomic E-state index is 0.326. The molecule has 0 aromatic rings. The van der Waals surface area contributed by atoms with Gasteiger partial charge in [0.15, 0.2) is 25.3 Å². The van der Waals surface area contributed by atoms with Crippen molar-refractivity contribution in [3.8, 4) is 0 Å². The van der Waals surface area contributed by atoms with Crippen molar-refractivity contribution in [3.05, 3.63) is 12.2 Å². The minimum atomic E-state index is -0.326. The third-order valence-electron chi connectivity index (χ3n) is 0.786. The van der Waals surface area contributed by atoms with Gasteiger partial charge >= 0.3 is 5.97 Å². The molecule has 10 heavy (non-hydrogen) atoms. The average Bonchev–Trinajstić information content (AvgIpc) is 1.88. The van der Waals surface area contributed by atoms with Gasteiger partial charge in [0.1, 0.15) is 6.61 Å². The van der Waals surface area contributed by atoms with Crippen LogP contribution in [-0.2, 0) is 21.3 Å². The Morgan fingerprint density at radius 1 is 1.80 bits per heavy atom. The minimum Gasteiger partial charge on any atom is -0.458 e. The summed E-state index contributed by atoms with van der Waals surface area (Å²) in [4.78, 5) is 10.7. The third-order valence-corrected chi connectivity index (χ3v) is 1.81. The molecule has 0 saturated carbocycles. The van der Waals surface area contributed by atoms with Crippen molar-refractivity contribution in [1.82, 2.24) is 0 Å². The fraction of sp³-hybridized carbons (Fsp3) is 0.500. The average molecular weight is 177 g/mol. The fourth-order valence-electron chi connectivity index (χ4n) is 0.309. The monoisotopic (exact) mass is 177 g/mol. The van der Waals surface area contributed by atoms with Gasteiger partial charge < -0.3 is 4.74 Å². The van der Waals surface area contributed by atoms with E-state index in [1.165, 1.54) is 0 Å². The van der Waals surface area contributed by atoms with Crippen LogP contribution in [-0.4, -0.2) is 18.7 Å². The molecule has 1 unspecified atom stereocenters. The SMILES string of the molecule is C=C(C)C(=O)OCC[PH+]=S. The molecule has 0 heterocycles. The molecule has 0 radical (unpaired) electrons. The highest BCUT2D eigenvalue weighted by molar-refractivity contribution is 7.96. The van der Waals surface area contributed by atoms with E-state index in [1.54, 1.807) is 6.92 Å². The van der Waals surface area contributed by atoms with Crippen LogP contribution in [0.25, 0.3) is 0 Å². The van der Waals surface area contributed by atoms with Gasteiger partial charge in [-0.3, -0.25) is 0 Å². The van der Waals surface area contributed by atoms with Crippen LogP contribution in [0.3, 0.4) is 0 Å². The van der Waals surface area contributed by atoms with E-state index < -0.39 is 0 Å². The summed E-state index contributed by atoms with van der Waals surface area (Å²) in [5.74, 6) is -0.326. The van der Waals surface area contributed by atoms with Gasteiger partial charge in [-0.25, -0.2) is 4.79 Å². The van der Waals surface area contributed by atoms with E-state index in [1.807, 2.05) is 0 Å². The third kappa shape index (κ3) is 4.59. The summed E-state index contributed by atoms with van der Waals surface area (Å²) in [7, 11) is 0.427. The van der Waals surface area contributed by atoms with Crippen LogP contribution in [0.15, 0.2) is 12.2 Å². The Balaban J connectivity index is 3.40. The molecule has 2 nitrogen and oxygen atoms in total. The number of esters is 1. The van der Waals surface area contributed by atoms with Gasteiger partial charge in [0.2, 0.25) is 0 Å². The van der Waals surface area contributed by atoms with Crippen LogP contribution in [0.4, 0.5) is 0 Å². The van der Waals surface area contributed by atoms with Gasteiger partial charge in [-0.1, -0.05) is 6.58 Å². The standard InChI is InChI=1S/C6H9O2PS/c1-5(2)6(7)8-3-4-9-10/h1,3-4H2,2H3/p+1. The van der Waals surface area contributed by atoms with Gasteiger partial charge in [0.05, 0.1) is 0 Å². The second-order valence-corrected chi connectivity index (χ2v) is 3.47. The van der Waals surface area contributed by atoms with Crippen molar-refractivity contribution in [2.24, 2.45) is 0 Å². The van der Waals surface area contributed by atoms with Gasteiger partial charge in [0.25, 0.3) is 0 Å². The molecular weight excluding hydrogens is 167 g/mol. The normalized spacial score (nSPS) is 9.30. The molecule has 0 rings (SSSR count). The molecule has 0 aliphatic carbocycles. The molecule has 0 fully saturated rings. The quantitative estimate of drug-likeness (QED) is 0.280. The van der Waals surface area contributed by atoms with Crippen LogP contribution in [0.5, 0.6) is 0 Å². The number of carbonyl (C=O) groups excluding carboxylic acids is 1. The van der Waals surface area contributed by atoms with Gasteiger partial charge in [0, 0.05) is 5.57 Å². The van der Waals surface area contributed by atoms with Gasteiger partial charge in [-0.05, 0) is 6.92 Å². The molecule has 56 valence electrons. The Kier molecular flexibility index (Phi) is 5.36. The Bertz CT molecular complexity index is 156. The van der Waals surface area contributed by atoms with E-state index in [4.69, 9.17) is 4.74 Å². The van der Waals surface area contributed by atoms with E-state index >= 15 is 0 Å². The molecule has 0 aliphatic heterocycles. The largest absolute Gasteiger partial charge is 0.458 e. The molecule has 0 amide bonds. The Labute approximate surface area is 67.1 Å². The van der Waals surface area contributed by atoms with Gasteiger partial charge in [-0.2, -0.15) is 0 Å². The Morgan fingerprint density at radius 3 is 2.80 bits per heavy atom. The topological polar surface area (TPSA) is 26.3 Å². The lowest BCUT2D eigenvalue weighted by Crippen LogP contribution is -2.06. The number of ether oxygens (including phenoxy) is 1. The maximum Gasteiger partial charge on any atom is 0.333 e. The molecule has 0 aromatic carbocycles. The maximum atomic E-state index is 10.7. The summed E-state index contributed by atoms with van der Waals surface area (Å²) in [5, 5.41) is 0. The lowest BCUT2D eigenvalue weighted by atomic mass is 10.4. The Morgan fingerprint density at radius 2 is 2.40 bits per heavy atom. The van der Waals surface area contributed by atoms with E-state index in [-0.39, 0.29) is 5.97 Å². The predicted octanol–water partition coefficient (Wildman–Crippen LogP) is 1.25. The molecule has 0 N–H and O–H groups in total. The van der Waals surface area contributed by atoms with Crippen LogP contribution in [0.1, 0.15) is 6.92 Å². The molecule has 0 saturated heterocycles. The maximum absolute atomic E-state index is 10.7. The molecular formula is C6H10O2PS+. The van der Waals surface area contributed by atoms with Crippen LogP contribution >= 0.6 is 7.36 Å². The van der Waals surface area contributed by atoms with E-state index in [0.717, 1.165) is 6.16 Å².